The van der Waals surface area contributed by atoms with Crippen LogP contribution in [0.25, 0.3) is 0 Å². The highest BCUT2D eigenvalue weighted by molar-refractivity contribution is 7.89. The lowest BCUT2D eigenvalue weighted by Crippen LogP contribution is -2.43. The lowest BCUT2D eigenvalue weighted by atomic mass is 10.0. The molecule has 4 rings (SSSR count). The van der Waals surface area contributed by atoms with Gasteiger partial charge in [-0.2, -0.15) is 0 Å². The smallest absolute Gasteiger partial charge is 0.247 e. The molecule has 206 valence electrons. The van der Waals surface area contributed by atoms with Crippen molar-refractivity contribution < 1.29 is 22.4 Å². The highest BCUT2D eigenvalue weighted by Gasteiger charge is 2.31. The van der Waals surface area contributed by atoms with E-state index in [2.05, 4.69) is 10.0 Å². The molecule has 7 nitrogen and oxygen atoms in total. The third-order valence-electron chi connectivity index (χ3n) is 6.57. The van der Waals surface area contributed by atoms with Crippen LogP contribution in [0.4, 0.5) is 4.39 Å². The Morgan fingerprint density at radius 2 is 1.59 bits per heavy atom. The van der Waals surface area contributed by atoms with Gasteiger partial charge in [0, 0.05) is 25.6 Å². The van der Waals surface area contributed by atoms with E-state index in [1.807, 2.05) is 37.3 Å². The molecule has 1 saturated carbocycles. The summed E-state index contributed by atoms with van der Waals surface area (Å²) in [5.74, 6) is -0.905. The van der Waals surface area contributed by atoms with Gasteiger partial charge in [0.1, 0.15) is 11.9 Å². The van der Waals surface area contributed by atoms with Crippen molar-refractivity contribution >= 4 is 21.8 Å². The van der Waals surface area contributed by atoms with Crippen molar-refractivity contribution in [3.8, 4) is 0 Å². The van der Waals surface area contributed by atoms with Gasteiger partial charge in [0.05, 0.1) is 4.90 Å². The Labute approximate surface area is 229 Å². The van der Waals surface area contributed by atoms with E-state index in [1.165, 1.54) is 17.0 Å². The molecule has 0 bridgehead atoms. The number of nitrogens with one attached hydrogen (secondary N) is 2. The Morgan fingerprint density at radius 1 is 0.949 bits per heavy atom. The lowest BCUT2D eigenvalue weighted by Gasteiger charge is -2.32. The summed E-state index contributed by atoms with van der Waals surface area (Å²) < 4.78 is 41.1. The van der Waals surface area contributed by atoms with Gasteiger partial charge in [0.15, 0.2) is 0 Å². The van der Waals surface area contributed by atoms with E-state index in [9.17, 15) is 22.4 Å². The summed E-state index contributed by atoms with van der Waals surface area (Å²) in [4.78, 5) is 28.8. The maximum Gasteiger partial charge on any atom is 0.247 e. The van der Waals surface area contributed by atoms with Crippen molar-refractivity contribution in [1.29, 1.82) is 0 Å². The predicted molar refractivity (Wildman–Crippen MR) is 148 cm³/mol. The number of hydrogen-bond acceptors (Lipinski definition) is 4. The zero-order valence-electron chi connectivity index (χ0n) is 22.0. The number of carbonyl (C=O) groups excluding carboxylic acids is 2. The van der Waals surface area contributed by atoms with E-state index >= 15 is 0 Å². The molecule has 2 N–H and O–H groups in total. The standard InChI is InChI=1S/C30H34FN3O4S/c1-2-20-32-30(36)29(24-6-4-3-5-7-24)34(21-23-8-13-25(31)14-9-23)28(35)19-12-22-10-17-27(18-11-22)39(37,38)33-26-15-16-26/h3-11,13-14,17-18,26,29,33H,2,12,15-16,19-21H2,1H3,(H,32,36)/t29-/m0/s1. The highest BCUT2D eigenvalue weighted by Crippen LogP contribution is 2.26. The molecular weight excluding hydrogens is 517 g/mol. The summed E-state index contributed by atoms with van der Waals surface area (Å²) in [6.07, 6.45) is 2.94. The Balaban J connectivity index is 1.55. The fourth-order valence-corrected chi connectivity index (χ4v) is 5.59. The molecule has 1 aliphatic rings. The molecule has 9 heteroatoms. The average Bonchev–Trinajstić information content (AvgIpc) is 3.75. The van der Waals surface area contributed by atoms with Crippen LogP contribution in [0.2, 0.25) is 0 Å². The SMILES string of the molecule is CCCNC(=O)[C@H](c1ccccc1)N(Cc1ccc(F)cc1)C(=O)CCc1ccc(S(=O)(=O)NC2CC2)cc1. The Morgan fingerprint density at radius 3 is 2.21 bits per heavy atom. The van der Waals surface area contributed by atoms with Crippen molar-refractivity contribution in [2.75, 3.05) is 6.54 Å². The van der Waals surface area contributed by atoms with Gasteiger partial charge in [-0.3, -0.25) is 9.59 Å². The molecule has 3 aromatic rings. The first-order chi connectivity index (χ1) is 18.8. The Bertz CT molecular complexity index is 1360. The molecule has 1 fully saturated rings. The van der Waals surface area contributed by atoms with E-state index in [4.69, 9.17) is 0 Å². The maximum atomic E-state index is 13.7. The number of nitrogens with zero attached hydrogens (tertiary/aromatic N) is 1. The highest BCUT2D eigenvalue weighted by atomic mass is 32.2. The summed E-state index contributed by atoms with van der Waals surface area (Å²) in [6, 6.07) is 20.7. The lowest BCUT2D eigenvalue weighted by molar-refractivity contribution is -0.141. The third-order valence-corrected chi connectivity index (χ3v) is 8.11. The summed E-state index contributed by atoms with van der Waals surface area (Å²) in [5, 5.41) is 2.92. The average molecular weight is 552 g/mol. The first-order valence-electron chi connectivity index (χ1n) is 13.2. The van der Waals surface area contributed by atoms with Gasteiger partial charge in [-0.1, -0.05) is 61.5 Å². The van der Waals surface area contributed by atoms with Crippen molar-refractivity contribution in [3.63, 3.8) is 0 Å². The molecule has 39 heavy (non-hydrogen) atoms. The van der Waals surface area contributed by atoms with Crippen LogP contribution < -0.4 is 10.0 Å². The van der Waals surface area contributed by atoms with Gasteiger partial charge in [-0.25, -0.2) is 17.5 Å². The molecule has 0 aliphatic heterocycles. The van der Waals surface area contributed by atoms with Crippen LogP contribution >= 0.6 is 0 Å². The Kier molecular flexibility index (Phi) is 9.48. The quantitative estimate of drug-likeness (QED) is 0.327. The van der Waals surface area contributed by atoms with Gasteiger partial charge < -0.3 is 10.2 Å². The number of amides is 2. The minimum absolute atomic E-state index is 0.0199. The molecule has 0 aromatic heterocycles. The molecule has 0 heterocycles. The van der Waals surface area contributed by atoms with Crippen molar-refractivity contribution in [2.24, 2.45) is 0 Å². The van der Waals surface area contributed by atoms with Gasteiger partial charge >= 0.3 is 0 Å². The van der Waals surface area contributed by atoms with E-state index in [-0.39, 0.29) is 41.5 Å². The number of benzene rings is 3. The van der Waals surface area contributed by atoms with Crippen molar-refractivity contribution in [3.05, 3.63) is 101 Å². The van der Waals surface area contributed by atoms with Crippen LogP contribution in [0.3, 0.4) is 0 Å². The second-order valence-electron chi connectivity index (χ2n) is 9.79. The first kappa shape index (κ1) is 28.4. The fourth-order valence-electron chi connectivity index (χ4n) is 4.28. The molecule has 2 amide bonds. The summed E-state index contributed by atoms with van der Waals surface area (Å²) in [5.41, 5.74) is 2.19. The Hall–Kier alpha value is -3.56. The van der Waals surface area contributed by atoms with Gasteiger partial charge in [0.25, 0.3) is 0 Å². The molecule has 1 atom stereocenters. The van der Waals surface area contributed by atoms with E-state index in [0.29, 0.717) is 24.1 Å². The maximum absolute atomic E-state index is 13.7. The fraction of sp³-hybridized carbons (Fsp3) is 0.333. The first-order valence-corrected chi connectivity index (χ1v) is 14.7. The van der Waals surface area contributed by atoms with E-state index in [0.717, 1.165) is 24.8 Å². The van der Waals surface area contributed by atoms with Crippen LogP contribution in [0, 0.1) is 5.82 Å². The molecule has 0 unspecified atom stereocenters. The molecule has 3 aromatic carbocycles. The summed E-state index contributed by atoms with van der Waals surface area (Å²) in [6.45, 7) is 2.56. The number of halogens is 1. The number of aryl methyl sites for hydroxylation is 1. The largest absolute Gasteiger partial charge is 0.354 e. The number of hydrogen-bond donors (Lipinski definition) is 2. The zero-order chi connectivity index (χ0) is 27.8. The predicted octanol–water partition coefficient (Wildman–Crippen LogP) is 4.50. The van der Waals surface area contributed by atoms with Gasteiger partial charge in [-0.15, -0.1) is 0 Å². The number of carbonyl (C=O) groups is 2. The number of rotatable bonds is 13. The van der Waals surface area contributed by atoms with Crippen LogP contribution in [-0.2, 0) is 32.6 Å². The zero-order valence-corrected chi connectivity index (χ0v) is 22.8. The van der Waals surface area contributed by atoms with E-state index < -0.39 is 16.1 Å². The normalized spacial score (nSPS) is 14.0. The van der Waals surface area contributed by atoms with Crippen LogP contribution in [0.15, 0.2) is 83.8 Å². The minimum Gasteiger partial charge on any atom is -0.354 e. The van der Waals surface area contributed by atoms with Crippen LogP contribution in [0.5, 0.6) is 0 Å². The molecule has 0 saturated heterocycles. The summed E-state index contributed by atoms with van der Waals surface area (Å²) in [7, 11) is -3.55. The second kappa shape index (κ2) is 13.0. The minimum atomic E-state index is -3.55. The van der Waals surface area contributed by atoms with Crippen LogP contribution in [-0.4, -0.2) is 37.7 Å². The molecule has 0 spiro atoms. The van der Waals surface area contributed by atoms with Crippen molar-refractivity contribution in [1.82, 2.24) is 14.9 Å². The topological polar surface area (TPSA) is 95.6 Å². The second-order valence-corrected chi connectivity index (χ2v) is 11.5. The molecular formula is C30H34FN3O4S. The molecule has 1 aliphatic carbocycles. The number of sulfonamides is 1. The summed E-state index contributed by atoms with van der Waals surface area (Å²) >= 11 is 0. The molecule has 0 radical (unpaired) electrons. The van der Waals surface area contributed by atoms with Crippen molar-refractivity contribution in [2.45, 2.75) is 62.6 Å². The van der Waals surface area contributed by atoms with Gasteiger partial charge in [-0.05, 0) is 66.6 Å². The monoisotopic (exact) mass is 551 g/mol. The van der Waals surface area contributed by atoms with Crippen LogP contribution in [0.1, 0.15) is 55.3 Å². The van der Waals surface area contributed by atoms with Gasteiger partial charge in [0.2, 0.25) is 21.8 Å². The third kappa shape index (κ3) is 7.97. The van der Waals surface area contributed by atoms with E-state index in [1.54, 1.807) is 36.4 Å².